The third-order valence-electron chi connectivity index (χ3n) is 3.31. The molecule has 0 aliphatic carbocycles. The van der Waals surface area contributed by atoms with Crippen molar-refractivity contribution in [1.82, 2.24) is 19.6 Å². The molecule has 0 N–H and O–H groups in total. The fourth-order valence-corrected chi connectivity index (χ4v) is 2.36. The summed E-state index contributed by atoms with van der Waals surface area (Å²) in [6.07, 6.45) is 5.76. The van der Waals surface area contributed by atoms with Crippen LogP contribution in [0.3, 0.4) is 0 Å². The number of benzene rings is 1. The zero-order chi connectivity index (χ0) is 12.7. The summed E-state index contributed by atoms with van der Waals surface area (Å²) in [6, 6.07) is 6.39. The molecule has 18 heavy (non-hydrogen) atoms. The molecule has 4 nitrogen and oxygen atoms in total. The largest absolute Gasteiger partial charge is 0.350 e. The Labute approximate surface area is 106 Å². The van der Waals surface area contributed by atoms with Crippen LogP contribution >= 0.6 is 0 Å². The fourth-order valence-electron chi connectivity index (χ4n) is 2.36. The van der Waals surface area contributed by atoms with Crippen molar-refractivity contribution in [3.63, 3.8) is 0 Å². The van der Waals surface area contributed by atoms with E-state index in [-0.39, 0.29) is 0 Å². The molecule has 3 rings (SSSR count). The first-order chi connectivity index (χ1) is 8.66. The molecular weight excluding hydrogens is 224 g/mol. The number of aromatic nitrogens is 4. The molecule has 0 radical (unpaired) electrons. The second kappa shape index (κ2) is 3.98. The van der Waals surface area contributed by atoms with Gasteiger partial charge in [0.2, 0.25) is 0 Å². The van der Waals surface area contributed by atoms with Gasteiger partial charge in [0.1, 0.15) is 0 Å². The molecule has 0 amide bonds. The third kappa shape index (κ3) is 1.61. The van der Waals surface area contributed by atoms with Crippen LogP contribution in [-0.2, 0) is 7.05 Å². The predicted octanol–water partition coefficient (Wildman–Crippen LogP) is 2.88. The highest BCUT2D eigenvalue weighted by Crippen LogP contribution is 2.28. The maximum Gasteiger partial charge on any atom is 0.0697 e. The topological polar surface area (TPSA) is 35.6 Å². The van der Waals surface area contributed by atoms with Crippen LogP contribution in [-0.4, -0.2) is 19.6 Å². The van der Waals surface area contributed by atoms with E-state index in [2.05, 4.69) is 60.2 Å². The molecule has 0 saturated carbocycles. The van der Waals surface area contributed by atoms with E-state index in [1.54, 1.807) is 10.9 Å². The summed E-state index contributed by atoms with van der Waals surface area (Å²) in [6.45, 7) is 4.44. The molecule has 0 unspecified atom stereocenters. The lowest BCUT2D eigenvalue weighted by molar-refractivity contribution is 0.804. The van der Waals surface area contributed by atoms with Crippen LogP contribution in [0.5, 0.6) is 0 Å². The van der Waals surface area contributed by atoms with Gasteiger partial charge in [-0.15, -0.1) is 5.10 Å². The Hall–Kier alpha value is -2.10. The number of hydrogen-bond acceptors (Lipinski definition) is 2. The van der Waals surface area contributed by atoms with Gasteiger partial charge in [-0.25, -0.2) is 4.68 Å². The number of hydrogen-bond donors (Lipinski definition) is 0. The maximum absolute atomic E-state index is 4.03. The molecule has 92 valence electrons. The van der Waals surface area contributed by atoms with E-state index in [4.69, 9.17) is 0 Å². The Morgan fingerprint density at radius 3 is 2.72 bits per heavy atom. The minimum Gasteiger partial charge on any atom is -0.350 e. The summed E-state index contributed by atoms with van der Waals surface area (Å²) in [5.74, 6) is 0.514. The van der Waals surface area contributed by atoms with E-state index >= 15 is 0 Å². The molecule has 0 bridgehead atoms. The van der Waals surface area contributed by atoms with Gasteiger partial charge in [0.25, 0.3) is 0 Å². The number of fused-ring (bicyclic) bond motifs is 1. The summed E-state index contributed by atoms with van der Waals surface area (Å²) in [5, 5.41) is 9.18. The van der Waals surface area contributed by atoms with Crippen molar-refractivity contribution in [2.24, 2.45) is 7.05 Å². The molecule has 2 heterocycles. The van der Waals surface area contributed by atoms with Gasteiger partial charge in [-0.05, 0) is 29.7 Å². The van der Waals surface area contributed by atoms with E-state index in [9.17, 15) is 0 Å². The zero-order valence-electron chi connectivity index (χ0n) is 10.8. The lowest BCUT2D eigenvalue weighted by Crippen LogP contribution is -1.95. The van der Waals surface area contributed by atoms with Crippen molar-refractivity contribution in [1.29, 1.82) is 0 Å². The second-order valence-corrected chi connectivity index (χ2v) is 4.90. The molecule has 0 aliphatic heterocycles. The van der Waals surface area contributed by atoms with Crippen LogP contribution < -0.4 is 0 Å². The Bertz CT molecular complexity index is 677. The Balaban J connectivity index is 2.25. The summed E-state index contributed by atoms with van der Waals surface area (Å²) < 4.78 is 3.96. The maximum atomic E-state index is 4.03. The van der Waals surface area contributed by atoms with Gasteiger partial charge >= 0.3 is 0 Å². The molecule has 0 fully saturated rings. The van der Waals surface area contributed by atoms with Crippen molar-refractivity contribution in [2.45, 2.75) is 19.8 Å². The molecule has 1 aromatic carbocycles. The molecular formula is C14H16N4. The van der Waals surface area contributed by atoms with Crippen LogP contribution in [0.2, 0.25) is 0 Å². The summed E-state index contributed by atoms with van der Waals surface area (Å²) >= 11 is 0. The summed E-state index contributed by atoms with van der Waals surface area (Å²) in [7, 11) is 2.09. The van der Waals surface area contributed by atoms with Crippen molar-refractivity contribution >= 4 is 10.9 Å². The van der Waals surface area contributed by atoms with Crippen LogP contribution in [0.1, 0.15) is 25.3 Å². The highest BCUT2D eigenvalue weighted by molar-refractivity contribution is 5.86. The third-order valence-corrected chi connectivity index (χ3v) is 3.31. The number of aryl methyl sites for hydroxylation is 1. The highest BCUT2D eigenvalue weighted by Gasteiger charge is 2.10. The molecule has 2 aromatic heterocycles. The number of nitrogens with zero attached hydrogens (tertiary/aromatic N) is 4. The van der Waals surface area contributed by atoms with Crippen molar-refractivity contribution in [3.8, 4) is 5.69 Å². The van der Waals surface area contributed by atoms with E-state index in [0.29, 0.717) is 5.92 Å². The van der Waals surface area contributed by atoms with E-state index in [0.717, 1.165) is 5.69 Å². The van der Waals surface area contributed by atoms with Crippen molar-refractivity contribution in [3.05, 3.63) is 42.4 Å². The van der Waals surface area contributed by atoms with Crippen LogP contribution in [0.25, 0.3) is 16.6 Å². The van der Waals surface area contributed by atoms with Gasteiger partial charge in [-0.1, -0.05) is 19.1 Å². The zero-order valence-corrected chi connectivity index (χ0v) is 10.8. The van der Waals surface area contributed by atoms with Gasteiger partial charge in [0, 0.05) is 24.1 Å². The standard InChI is InChI=1S/C14H16N4/c1-10(2)13-9-17(3)14-5-4-11(8-12(13)14)18-7-6-15-16-18/h4-10H,1-3H3. The summed E-state index contributed by atoms with van der Waals surface area (Å²) in [5.41, 5.74) is 3.67. The number of rotatable bonds is 2. The first-order valence-corrected chi connectivity index (χ1v) is 6.12. The van der Waals surface area contributed by atoms with Gasteiger partial charge in [-0.2, -0.15) is 0 Å². The smallest absolute Gasteiger partial charge is 0.0697 e. The van der Waals surface area contributed by atoms with E-state index in [1.165, 1.54) is 16.5 Å². The van der Waals surface area contributed by atoms with Gasteiger partial charge in [0.05, 0.1) is 18.1 Å². The van der Waals surface area contributed by atoms with E-state index in [1.807, 2.05) is 6.20 Å². The fraction of sp³-hybridized carbons (Fsp3) is 0.286. The first-order valence-electron chi connectivity index (χ1n) is 6.12. The van der Waals surface area contributed by atoms with Gasteiger partial charge in [-0.3, -0.25) is 0 Å². The van der Waals surface area contributed by atoms with E-state index < -0.39 is 0 Å². The molecule has 3 aromatic rings. The molecule has 0 atom stereocenters. The first kappa shape index (κ1) is 11.0. The van der Waals surface area contributed by atoms with Crippen molar-refractivity contribution in [2.75, 3.05) is 0 Å². The Morgan fingerprint density at radius 2 is 2.06 bits per heavy atom. The normalized spacial score (nSPS) is 11.6. The second-order valence-electron chi connectivity index (χ2n) is 4.90. The predicted molar refractivity (Wildman–Crippen MR) is 71.9 cm³/mol. The minimum absolute atomic E-state index is 0.514. The van der Waals surface area contributed by atoms with Gasteiger partial charge in [0.15, 0.2) is 0 Å². The Kier molecular flexibility index (Phi) is 2.44. The molecule has 0 spiro atoms. The Morgan fingerprint density at radius 1 is 1.22 bits per heavy atom. The van der Waals surface area contributed by atoms with Gasteiger partial charge < -0.3 is 4.57 Å². The van der Waals surface area contributed by atoms with Crippen LogP contribution in [0.15, 0.2) is 36.8 Å². The van der Waals surface area contributed by atoms with Crippen molar-refractivity contribution < 1.29 is 0 Å². The highest BCUT2D eigenvalue weighted by atomic mass is 15.4. The quantitative estimate of drug-likeness (QED) is 0.690. The monoisotopic (exact) mass is 240 g/mol. The summed E-state index contributed by atoms with van der Waals surface area (Å²) in [4.78, 5) is 0. The average Bonchev–Trinajstić information content (AvgIpc) is 2.97. The molecule has 0 aliphatic rings. The lowest BCUT2D eigenvalue weighted by Gasteiger charge is -2.04. The van der Waals surface area contributed by atoms with Crippen LogP contribution in [0.4, 0.5) is 0 Å². The van der Waals surface area contributed by atoms with Crippen LogP contribution in [0, 0.1) is 0 Å². The SMILES string of the molecule is CC(C)c1cn(C)c2ccc(-n3ccnn3)cc12. The molecule has 4 heteroatoms. The lowest BCUT2D eigenvalue weighted by atomic mass is 10.0. The average molecular weight is 240 g/mol. The minimum atomic E-state index is 0.514. The molecule has 0 saturated heterocycles.